The van der Waals surface area contributed by atoms with E-state index in [0.29, 0.717) is 16.6 Å². The minimum Gasteiger partial charge on any atom is -0.503 e. The van der Waals surface area contributed by atoms with Gasteiger partial charge in [0.15, 0.2) is 14.6 Å². The fourth-order valence-electron chi connectivity index (χ4n) is 8.51. The van der Waals surface area contributed by atoms with Gasteiger partial charge in [-0.2, -0.15) is 23.9 Å². The monoisotopic (exact) mass is 1100 g/mol. The number of benzene rings is 5. The molecule has 6 heterocycles. The molecule has 70 heavy (non-hydrogen) atoms. The van der Waals surface area contributed by atoms with Crippen LogP contribution in [0.1, 0.15) is 49.8 Å². The van der Waals surface area contributed by atoms with Gasteiger partial charge < -0.3 is 34.3 Å². The van der Waals surface area contributed by atoms with Crippen molar-refractivity contribution in [3.63, 3.8) is 0 Å². The number of aromatic nitrogens is 4. The number of aryl methyl sites for hydroxylation is 1. The molecule has 8 aromatic rings. The fourth-order valence-corrected chi connectivity index (χ4v) is 8.51. The van der Waals surface area contributed by atoms with E-state index in [4.69, 9.17) is 20.7 Å². The van der Waals surface area contributed by atoms with E-state index in [0.717, 1.165) is 43.6 Å². The number of ether oxygens (including phenoxy) is 1. The molecule has 9 nitrogen and oxygen atoms in total. The predicted octanol–water partition coefficient (Wildman–Crippen LogP) is 12.5. The summed E-state index contributed by atoms with van der Waals surface area (Å²) in [6.07, 6.45) is 22.9. The Balaban J connectivity index is 0.00000704. The van der Waals surface area contributed by atoms with Crippen LogP contribution in [-0.2, 0) is 33.5 Å². The minimum atomic E-state index is -2.77. The molecule has 11 rings (SSSR count). The summed E-state index contributed by atoms with van der Waals surface area (Å²) < 4.78 is 88.5. The van der Waals surface area contributed by atoms with Crippen LogP contribution in [0.5, 0.6) is 11.6 Å². The molecule has 0 saturated heterocycles. The Labute approximate surface area is 437 Å². The van der Waals surface area contributed by atoms with Crippen LogP contribution in [0.2, 0.25) is 0 Å². The standard InChI is InChI=1S/C58H47B2N8O.Pt/c1-58(2,3)40-35-45(47-18-15-32-61-30-13-11-28-59-47)56(46(36-40)48-19-16-33-62-31-14-12-29-60-48)67-39-66(52-23-9-10-24-53(52)67)41-27-34-63-55(37-41)69-42-25-26-44-43-17-5-7-21-50(43)68(54(44)38-42)57-64-49-20-6-8-22-51(49)65(57)4;/h5-36,39,61-62H,1-4H3;/q-3;/b28-11-,29-12-,30-13-,31-14-,32-15-,33-16-,47-18-,48-19-;/i4D3,5D,7D,17D,21D,27D,34D;. The van der Waals surface area contributed by atoms with Crippen molar-refractivity contribution in [2.75, 3.05) is 9.80 Å². The second-order valence-electron chi connectivity index (χ2n) is 17.2. The van der Waals surface area contributed by atoms with Gasteiger partial charge in [0.1, 0.15) is 5.88 Å². The number of hydrogen-bond donors (Lipinski definition) is 2. The average Bonchev–Trinajstić information content (AvgIpc) is 3.33. The van der Waals surface area contributed by atoms with Gasteiger partial charge in [0.25, 0.3) is 0 Å². The van der Waals surface area contributed by atoms with Crippen LogP contribution in [-0.4, -0.2) is 33.7 Å². The number of hydrogen-bond acceptors (Lipinski definition) is 7. The molecule has 3 aliphatic rings. The maximum atomic E-state index is 9.37. The Morgan fingerprint density at radius 2 is 1.40 bits per heavy atom. The molecular weight excluding hydrogens is 1040 g/mol. The normalized spacial score (nSPS) is 20.9. The SMILES string of the molecule is [2H]c1nc(Oc2[c-]c3c(cc2)c2c([2H])c([2H])c([2H])c([2H])c2n3-c2nc3ccccc3n2C([2H])([2H])[2H])[c-]c(N2[CH-]N(c3c(/C4=C/C=C\N/C=C\C=C/[B]4)cc(C(C)(C)C)cc3/C3=C/C=C\N/C=C\C=C/[B]3)c3ccccc32)c1[2H].[Pt]. The first kappa shape index (κ1) is 36.3. The molecule has 0 spiro atoms. The number of rotatable bonds is 7. The van der Waals surface area contributed by atoms with Crippen molar-refractivity contribution in [3.05, 3.63) is 230 Å². The van der Waals surface area contributed by atoms with Gasteiger partial charge >= 0.3 is 0 Å². The number of pyridine rings is 1. The van der Waals surface area contributed by atoms with E-state index in [1.807, 2.05) is 104 Å². The number of para-hydroxylation sites is 5. The Bertz CT molecular complexity index is 3950. The van der Waals surface area contributed by atoms with Crippen LogP contribution in [0.4, 0.5) is 22.7 Å². The van der Waals surface area contributed by atoms with E-state index >= 15 is 0 Å². The number of anilines is 4. The van der Waals surface area contributed by atoms with Crippen molar-refractivity contribution in [2.24, 2.45) is 6.98 Å². The second-order valence-corrected chi connectivity index (χ2v) is 17.2. The molecule has 3 aromatic heterocycles. The van der Waals surface area contributed by atoms with Crippen LogP contribution in [0.3, 0.4) is 0 Å². The number of allylic oxidation sites excluding steroid dienone is 8. The maximum absolute atomic E-state index is 9.37. The molecule has 0 unspecified atom stereocenters. The number of imidazole rings is 1. The smallest absolute Gasteiger partial charge is 0.213 e. The largest absolute Gasteiger partial charge is 0.503 e. The van der Waals surface area contributed by atoms with E-state index < -0.39 is 31.3 Å². The Morgan fingerprint density at radius 1 is 0.729 bits per heavy atom. The summed E-state index contributed by atoms with van der Waals surface area (Å²) in [7, 11) is 4.16. The first-order chi connectivity index (χ1) is 37.5. The summed E-state index contributed by atoms with van der Waals surface area (Å²) in [6.45, 7) is 5.69. The molecule has 0 aliphatic carbocycles. The van der Waals surface area contributed by atoms with Crippen LogP contribution in [0, 0.1) is 18.8 Å². The summed E-state index contributed by atoms with van der Waals surface area (Å²) in [5.74, 6) is 3.71. The third-order valence-corrected chi connectivity index (χ3v) is 11.8. The first-order valence-electron chi connectivity index (χ1n) is 26.8. The molecule has 12 heteroatoms. The van der Waals surface area contributed by atoms with Gasteiger partial charge in [0.05, 0.1) is 17.9 Å². The number of nitrogens with one attached hydrogen (secondary N) is 2. The van der Waals surface area contributed by atoms with Crippen molar-refractivity contribution in [2.45, 2.75) is 26.2 Å². The van der Waals surface area contributed by atoms with Crippen molar-refractivity contribution in [3.8, 4) is 17.6 Å². The van der Waals surface area contributed by atoms with Crippen molar-refractivity contribution >= 4 is 81.1 Å². The molecule has 344 valence electrons. The van der Waals surface area contributed by atoms with Gasteiger partial charge in [0.2, 0.25) is 5.95 Å². The molecule has 0 fully saturated rings. The zero-order valence-electron chi connectivity index (χ0n) is 47.2. The van der Waals surface area contributed by atoms with E-state index in [-0.39, 0.29) is 83.8 Å². The molecular formula is C58H47B2N8OPt-3. The van der Waals surface area contributed by atoms with Gasteiger partial charge in [-0.15, -0.1) is 36.1 Å². The van der Waals surface area contributed by atoms with Crippen LogP contribution < -0.4 is 25.2 Å². The van der Waals surface area contributed by atoms with Crippen molar-refractivity contribution in [1.29, 1.82) is 0 Å². The summed E-state index contributed by atoms with van der Waals surface area (Å²) in [4.78, 5) is 13.0. The number of fused-ring (bicyclic) bond motifs is 5. The quantitative estimate of drug-likeness (QED) is 0.122. The number of nitrogens with zero attached hydrogens (tertiary/aromatic N) is 6. The van der Waals surface area contributed by atoms with Gasteiger partial charge in [-0.25, -0.2) is 4.98 Å². The van der Waals surface area contributed by atoms with E-state index in [2.05, 4.69) is 92.3 Å². The predicted molar refractivity (Wildman–Crippen MR) is 286 cm³/mol. The molecule has 0 saturated carbocycles. The fraction of sp³-hybridized carbons (Fsp3) is 0.0862. The molecule has 2 radical (unpaired) electrons. The topological polar surface area (TPSA) is 75.4 Å². The molecule has 2 N–H and O–H groups in total. The second kappa shape index (κ2) is 19.7. The molecule has 3 aliphatic heterocycles. The third-order valence-electron chi connectivity index (χ3n) is 11.8. The molecule has 0 atom stereocenters. The van der Waals surface area contributed by atoms with E-state index in [1.165, 1.54) is 4.57 Å². The summed E-state index contributed by atoms with van der Waals surface area (Å²) >= 11 is 0. The Kier molecular flexibility index (Phi) is 10.2. The zero-order chi connectivity index (χ0) is 54.6. The van der Waals surface area contributed by atoms with E-state index in [9.17, 15) is 1.37 Å². The summed E-state index contributed by atoms with van der Waals surface area (Å²) in [5, 5.41) is 6.83. The zero-order valence-corrected chi connectivity index (χ0v) is 40.4. The van der Waals surface area contributed by atoms with Crippen LogP contribution >= 0.6 is 0 Å². The molecule has 5 aromatic carbocycles. The van der Waals surface area contributed by atoms with Crippen molar-refractivity contribution in [1.82, 2.24) is 29.7 Å². The van der Waals surface area contributed by atoms with E-state index in [1.54, 1.807) is 41.3 Å². The average molecular weight is 1100 g/mol. The third kappa shape index (κ3) is 8.89. The van der Waals surface area contributed by atoms with Gasteiger partial charge in [-0.1, -0.05) is 105 Å². The summed E-state index contributed by atoms with van der Waals surface area (Å²) in [5.41, 5.74) is 7.72. The van der Waals surface area contributed by atoms with Crippen molar-refractivity contribution < 1.29 is 38.1 Å². The van der Waals surface area contributed by atoms with Crippen LogP contribution in [0.15, 0.2) is 195 Å². The van der Waals surface area contributed by atoms with Gasteiger partial charge in [-0.05, 0) is 100 Å². The van der Waals surface area contributed by atoms with Crippen LogP contribution in [0.25, 0.3) is 49.7 Å². The maximum Gasteiger partial charge on any atom is 0.213 e. The molecule has 0 bridgehead atoms. The first-order valence-corrected chi connectivity index (χ1v) is 22.3. The van der Waals surface area contributed by atoms with Gasteiger partial charge in [-0.3, -0.25) is 4.98 Å². The Hall–Kier alpha value is -7.74. The minimum absolute atomic E-state index is 0. The summed E-state index contributed by atoms with van der Waals surface area (Å²) in [6, 6.07) is 26.5. The molecule has 0 amide bonds. The van der Waals surface area contributed by atoms with Gasteiger partial charge in [0, 0.05) is 85.3 Å². The Morgan fingerprint density at radius 3 is 2.11 bits per heavy atom.